The molecule has 1 rings (SSSR count). The number of benzene rings is 1. The Labute approximate surface area is 123 Å². The van der Waals surface area contributed by atoms with E-state index in [1.165, 1.54) is 25.2 Å². The summed E-state index contributed by atoms with van der Waals surface area (Å²) in [6.07, 6.45) is -0.664. The minimum atomic E-state index is -0.930. The zero-order valence-corrected chi connectivity index (χ0v) is 12.5. The fourth-order valence-corrected chi connectivity index (χ4v) is 1.76. The van der Waals surface area contributed by atoms with Crippen molar-refractivity contribution in [3.63, 3.8) is 0 Å². The molecule has 3 N–H and O–H groups in total. The van der Waals surface area contributed by atoms with E-state index in [2.05, 4.69) is 5.16 Å². The van der Waals surface area contributed by atoms with E-state index in [1.54, 1.807) is 26.8 Å². The molecule has 0 unspecified atom stereocenters. The van der Waals surface area contributed by atoms with Gasteiger partial charge in [-0.3, -0.25) is 4.90 Å². The quantitative estimate of drug-likeness (QED) is 0.388. The van der Waals surface area contributed by atoms with Gasteiger partial charge in [0, 0.05) is 7.05 Å². The highest BCUT2D eigenvalue weighted by molar-refractivity contribution is 5.89. The van der Waals surface area contributed by atoms with E-state index in [-0.39, 0.29) is 5.84 Å². The van der Waals surface area contributed by atoms with Gasteiger partial charge >= 0.3 is 6.09 Å². The van der Waals surface area contributed by atoms with Crippen molar-refractivity contribution < 1.29 is 19.1 Å². The Morgan fingerprint density at radius 2 is 2.10 bits per heavy atom. The molecule has 0 saturated heterocycles. The van der Waals surface area contributed by atoms with E-state index in [0.29, 0.717) is 5.56 Å². The van der Waals surface area contributed by atoms with Gasteiger partial charge in [0.15, 0.2) is 5.84 Å². The van der Waals surface area contributed by atoms with Gasteiger partial charge in [-0.2, -0.15) is 0 Å². The first-order chi connectivity index (χ1) is 9.65. The zero-order valence-electron chi connectivity index (χ0n) is 12.5. The van der Waals surface area contributed by atoms with Crippen LogP contribution in [0.1, 0.15) is 32.4 Å². The van der Waals surface area contributed by atoms with Crippen LogP contribution in [0.2, 0.25) is 0 Å². The number of halogens is 1. The lowest BCUT2D eigenvalue weighted by Crippen LogP contribution is -2.42. The Bertz CT molecular complexity index is 541. The van der Waals surface area contributed by atoms with Gasteiger partial charge in [-0.1, -0.05) is 17.3 Å². The molecule has 0 heterocycles. The van der Waals surface area contributed by atoms with E-state index in [9.17, 15) is 9.18 Å². The molecule has 1 atom stereocenters. The van der Waals surface area contributed by atoms with Crippen LogP contribution >= 0.6 is 0 Å². The van der Waals surface area contributed by atoms with Crippen LogP contribution < -0.4 is 5.73 Å². The van der Waals surface area contributed by atoms with Crippen molar-refractivity contribution in [2.75, 3.05) is 7.05 Å². The van der Waals surface area contributed by atoms with Gasteiger partial charge in [0.2, 0.25) is 0 Å². The zero-order chi connectivity index (χ0) is 16.2. The van der Waals surface area contributed by atoms with Crippen molar-refractivity contribution >= 4 is 11.9 Å². The molecule has 0 saturated carbocycles. The number of carbonyl (C=O) groups is 1. The molecule has 0 fully saturated rings. The summed E-state index contributed by atoms with van der Waals surface area (Å²) in [5, 5.41) is 11.8. The molecule has 0 aromatic heterocycles. The van der Waals surface area contributed by atoms with Crippen LogP contribution in [0, 0.1) is 5.82 Å². The van der Waals surface area contributed by atoms with Crippen LogP contribution in [0.3, 0.4) is 0 Å². The number of nitrogens with zero attached hydrogens (tertiary/aromatic N) is 2. The Kier molecular flexibility index (Phi) is 5.12. The van der Waals surface area contributed by atoms with Gasteiger partial charge in [-0.25, -0.2) is 9.18 Å². The molecule has 0 spiro atoms. The summed E-state index contributed by atoms with van der Waals surface area (Å²) in [5.74, 6) is -0.727. The van der Waals surface area contributed by atoms with Gasteiger partial charge in [0.25, 0.3) is 0 Å². The summed E-state index contributed by atoms with van der Waals surface area (Å²) < 4.78 is 18.6. The van der Waals surface area contributed by atoms with Gasteiger partial charge in [0.05, 0.1) is 0 Å². The highest BCUT2D eigenvalue weighted by Crippen LogP contribution is 2.22. The topological polar surface area (TPSA) is 88.2 Å². The third kappa shape index (κ3) is 4.62. The van der Waals surface area contributed by atoms with E-state index >= 15 is 0 Å². The number of nitrogens with two attached hydrogens (primary N) is 1. The van der Waals surface area contributed by atoms with Crippen LogP contribution in [0.4, 0.5) is 9.18 Å². The van der Waals surface area contributed by atoms with Gasteiger partial charge < -0.3 is 15.7 Å². The number of hydrogen-bond acceptors (Lipinski definition) is 4. The van der Waals surface area contributed by atoms with Crippen LogP contribution in [-0.4, -0.2) is 34.7 Å². The fraction of sp³-hybridized carbons (Fsp3) is 0.429. The number of carbonyl (C=O) groups excluding carboxylic acids is 1. The molecule has 1 aromatic carbocycles. The number of amidine groups is 1. The first-order valence-electron chi connectivity index (χ1n) is 6.34. The van der Waals surface area contributed by atoms with Crippen LogP contribution in [0.15, 0.2) is 29.4 Å². The lowest BCUT2D eigenvalue weighted by molar-refractivity contribution is 0.0263. The third-order valence-electron chi connectivity index (χ3n) is 2.63. The number of likely N-dealkylation sites (N-methyl/N-ethyl adjacent to an activating group) is 1. The number of amides is 1. The van der Waals surface area contributed by atoms with Gasteiger partial charge in [-0.05, 0) is 38.5 Å². The molecule has 6 nitrogen and oxygen atoms in total. The molecule has 21 heavy (non-hydrogen) atoms. The van der Waals surface area contributed by atoms with E-state index in [1.807, 2.05) is 0 Å². The number of ether oxygens (including phenoxy) is 1. The standard InChI is InChI=1S/C14H20FN3O3/c1-14(2,3)21-13(19)18(4)11(12(16)17-20)9-6-5-7-10(15)8-9/h5-8,11,20H,1-4H3,(H2,16,17)/t11-/m1/s1. The molecule has 0 bridgehead atoms. The Morgan fingerprint density at radius 1 is 1.48 bits per heavy atom. The highest BCUT2D eigenvalue weighted by atomic mass is 19.1. The molecule has 116 valence electrons. The minimum absolute atomic E-state index is 0.242. The van der Waals surface area contributed by atoms with Gasteiger partial charge in [0.1, 0.15) is 17.5 Å². The first kappa shape index (κ1) is 16.7. The van der Waals surface area contributed by atoms with Crippen LogP contribution in [-0.2, 0) is 4.74 Å². The van der Waals surface area contributed by atoms with E-state index in [0.717, 1.165) is 4.90 Å². The molecule has 1 aromatic rings. The van der Waals surface area contributed by atoms with Crippen molar-refractivity contribution in [1.29, 1.82) is 0 Å². The normalized spacial score (nSPS) is 13.7. The van der Waals surface area contributed by atoms with Crippen molar-refractivity contribution in [3.8, 4) is 0 Å². The lowest BCUT2D eigenvalue weighted by atomic mass is 10.0. The second kappa shape index (κ2) is 6.43. The van der Waals surface area contributed by atoms with Crippen LogP contribution in [0.25, 0.3) is 0 Å². The number of rotatable bonds is 3. The lowest BCUT2D eigenvalue weighted by Gasteiger charge is -2.30. The molecule has 1 amide bonds. The monoisotopic (exact) mass is 297 g/mol. The Morgan fingerprint density at radius 3 is 2.57 bits per heavy atom. The molecule has 7 heteroatoms. The molecule has 0 radical (unpaired) electrons. The predicted molar refractivity (Wildman–Crippen MR) is 76.5 cm³/mol. The largest absolute Gasteiger partial charge is 0.444 e. The summed E-state index contributed by atoms with van der Waals surface area (Å²) in [7, 11) is 1.43. The summed E-state index contributed by atoms with van der Waals surface area (Å²) in [6.45, 7) is 5.16. The predicted octanol–water partition coefficient (Wildman–Crippen LogP) is 2.48. The van der Waals surface area contributed by atoms with Crippen molar-refractivity contribution in [1.82, 2.24) is 4.90 Å². The highest BCUT2D eigenvalue weighted by Gasteiger charge is 2.29. The molecule has 0 aliphatic rings. The smallest absolute Gasteiger partial charge is 0.410 e. The van der Waals surface area contributed by atoms with Crippen LogP contribution in [0.5, 0.6) is 0 Å². The number of hydrogen-bond donors (Lipinski definition) is 2. The summed E-state index contributed by atoms with van der Waals surface area (Å²) in [5.41, 5.74) is 5.31. The van der Waals surface area contributed by atoms with Gasteiger partial charge in [-0.15, -0.1) is 0 Å². The molecule has 0 aliphatic heterocycles. The second-order valence-corrected chi connectivity index (χ2v) is 5.57. The maximum absolute atomic E-state index is 13.4. The summed E-state index contributed by atoms with van der Waals surface area (Å²) >= 11 is 0. The average molecular weight is 297 g/mol. The molecule has 0 aliphatic carbocycles. The SMILES string of the molecule is CN(C(=O)OC(C)(C)C)[C@@H](C(N)=NO)c1cccc(F)c1. The second-order valence-electron chi connectivity index (χ2n) is 5.57. The summed E-state index contributed by atoms with van der Waals surface area (Å²) in [4.78, 5) is 13.2. The maximum Gasteiger partial charge on any atom is 0.410 e. The number of oxime groups is 1. The third-order valence-corrected chi connectivity index (χ3v) is 2.63. The fourth-order valence-electron chi connectivity index (χ4n) is 1.76. The summed E-state index contributed by atoms with van der Waals surface area (Å²) in [6, 6.07) is 4.60. The van der Waals surface area contributed by atoms with E-state index < -0.39 is 23.6 Å². The average Bonchev–Trinajstić information content (AvgIpc) is 2.36. The minimum Gasteiger partial charge on any atom is -0.444 e. The molecular weight excluding hydrogens is 277 g/mol. The van der Waals surface area contributed by atoms with Crippen molar-refractivity contribution in [3.05, 3.63) is 35.6 Å². The first-order valence-corrected chi connectivity index (χ1v) is 6.34. The maximum atomic E-state index is 13.4. The molecular formula is C14H20FN3O3. The Hall–Kier alpha value is -2.31. The van der Waals surface area contributed by atoms with Crippen molar-refractivity contribution in [2.24, 2.45) is 10.9 Å². The van der Waals surface area contributed by atoms with E-state index in [4.69, 9.17) is 15.7 Å². The van der Waals surface area contributed by atoms with Crippen molar-refractivity contribution in [2.45, 2.75) is 32.4 Å². The Balaban J connectivity index is 3.12.